The van der Waals surface area contributed by atoms with Gasteiger partial charge in [0, 0.05) is 22.2 Å². The van der Waals surface area contributed by atoms with Gasteiger partial charge in [0.25, 0.3) is 5.56 Å². The van der Waals surface area contributed by atoms with Gasteiger partial charge in [0.15, 0.2) is 16.7 Å². The number of benzene rings is 2. The fourth-order valence-corrected chi connectivity index (χ4v) is 4.24. The van der Waals surface area contributed by atoms with Gasteiger partial charge in [0.2, 0.25) is 0 Å². The first kappa shape index (κ1) is 19.4. The maximum Gasteiger partial charge on any atom is 0.283 e. The number of ether oxygens (including phenoxy) is 2. The highest BCUT2D eigenvalue weighted by Gasteiger charge is 2.19. The molecule has 2 aromatic carbocycles. The summed E-state index contributed by atoms with van der Waals surface area (Å²) in [6, 6.07) is 13.3. The smallest absolute Gasteiger partial charge is 0.283 e. The number of hydrogen-bond donors (Lipinski definition) is 1. The minimum Gasteiger partial charge on any atom is -0.493 e. The predicted octanol–water partition coefficient (Wildman–Crippen LogP) is 4.77. The number of para-hydroxylation sites is 1. The summed E-state index contributed by atoms with van der Waals surface area (Å²) in [6.07, 6.45) is 0.971. The topological polar surface area (TPSA) is 69.1 Å². The van der Waals surface area contributed by atoms with E-state index in [-0.39, 0.29) is 5.56 Å². The number of thioether (sulfide) groups is 1. The van der Waals surface area contributed by atoms with Gasteiger partial charge in [-0.2, -0.15) is 0 Å². The predicted molar refractivity (Wildman–Crippen MR) is 118 cm³/mol. The van der Waals surface area contributed by atoms with Crippen LogP contribution in [0.2, 0.25) is 0 Å². The van der Waals surface area contributed by atoms with Crippen LogP contribution in [0.3, 0.4) is 0 Å². The molecule has 1 atom stereocenters. The summed E-state index contributed by atoms with van der Waals surface area (Å²) in [5, 5.41) is 1.93. The number of rotatable bonds is 6. The van der Waals surface area contributed by atoms with Gasteiger partial charge in [-0.05, 0) is 24.6 Å². The molecule has 4 aromatic rings. The van der Waals surface area contributed by atoms with E-state index in [1.807, 2.05) is 30.3 Å². The SMILES string of the molecule is CCC(C)Sc1nc2c([nH]c3ccccc32)c(=O)n1-c1ccc(OC)c(OC)c1. The van der Waals surface area contributed by atoms with E-state index in [0.29, 0.717) is 38.6 Å². The summed E-state index contributed by atoms with van der Waals surface area (Å²) >= 11 is 1.60. The van der Waals surface area contributed by atoms with Crippen molar-refractivity contribution in [2.75, 3.05) is 14.2 Å². The van der Waals surface area contributed by atoms with Gasteiger partial charge < -0.3 is 14.5 Å². The summed E-state index contributed by atoms with van der Waals surface area (Å²) in [7, 11) is 3.17. The molecule has 0 saturated carbocycles. The Morgan fingerprint density at radius 3 is 2.62 bits per heavy atom. The number of H-pyrrole nitrogens is 1. The lowest BCUT2D eigenvalue weighted by atomic mass is 10.2. The average Bonchev–Trinajstić information content (AvgIpc) is 3.12. The van der Waals surface area contributed by atoms with Gasteiger partial charge in [-0.15, -0.1) is 0 Å². The van der Waals surface area contributed by atoms with Gasteiger partial charge in [-0.1, -0.05) is 43.8 Å². The van der Waals surface area contributed by atoms with Crippen molar-refractivity contribution < 1.29 is 9.47 Å². The third kappa shape index (κ3) is 3.35. The number of hydrogen-bond acceptors (Lipinski definition) is 5. The molecule has 2 heterocycles. The van der Waals surface area contributed by atoms with Gasteiger partial charge >= 0.3 is 0 Å². The van der Waals surface area contributed by atoms with Gasteiger partial charge in [0.1, 0.15) is 11.0 Å². The standard InChI is InChI=1S/C22H23N3O3S/c1-5-13(2)29-22-24-19-15-8-6-7-9-16(15)23-20(19)21(26)25(22)14-10-11-17(27-3)18(12-14)28-4/h6-13,23H,5H2,1-4H3. The van der Waals surface area contributed by atoms with E-state index in [1.54, 1.807) is 42.7 Å². The zero-order chi connectivity index (χ0) is 20.5. The molecule has 1 unspecified atom stereocenters. The van der Waals surface area contributed by atoms with E-state index in [1.165, 1.54) is 0 Å². The van der Waals surface area contributed by atoms with E-state index in [9.17, 15) is 4.79 Å². The normalized spacial score (nSPS) is 12.4. The van der Waals surface area contributed by atoms with Crippen LogP contribution in [0.25, 0.3) is 27.6 Å². The summed E-state index contributed by atoms with van der Waals surface area (Å²) < 4.78 is 12.4. The van der Waals surface area contributed by atoms with Crippen molar-refractivity contribution in [1.82, 2.24) is 14.5 Å². The highest BCUT2D eigenvalue weighted by molar-refractivity contribution is 7.99. The third-order valence-corrected chi connectivity index (χ3v) is 6.22. The molecule has 2 aromatic heterocycles. The molecule has 0 radical (unpaired) electrons. The molecule has 7 heteroatoms. The Hall–Kier alpha value is -2.93. The van der Waals surface area contributed by atoms with Crippen LogP contribution in [0, 0.1) is 0 Å². The summed E-state index contributed by atoms with van der Waals surface area (Å²) in [6.45, 7) is 4.26. The third-order valence-electron chi connectivity index (χ3n) is 5.00. The number of aromatic nitrogens is 3. The van der Waals surface area contributed by atoms with E-state index in [2.05, 4.69) is 18.8 Å². The molecule has 0 fully saturated rings. The largest absolute Gasteiger partial charge is 0.493 e. The molecular weight excluding hydrogens is 386 g/mol. The fraction of sp³-hybridized carbons (Fsp3) is 0.273. The second-order valence-corrected chi connectivity index (χ2v) is 8.21. The van der Waals surface area contributed by atoms with E-state index < -0.39 is 0 Å². The second kappa shape index (κ2) is 7.83. The van der Waals surface area contributed by atoms with E-state index in [0.717, 1.165) is 17.3 Å². The van der Waals surface area contributed by atoms with Crippen LogP contribution in [0.4, 0.5) is 0 Å². The van der Waals surface area contributed by atoms with Crippen LogP contribution in [-0.4, -0.2) is 34.0 Å². The Bertz CT molecular complexity index is 1250. The highest BCUT2D eigenvalue weighted by Crippen LogP contribution is 2.32. The zero-order valence-electron chi connectivity index (χ0n) is 16.9. The highest BCUT2D eigenvalue weighted by atomic mass is 32.2. The van der Waals surface area contributed by atoms with Gasteiger partial charge in [-0.3, -0.25) is 9.36 Å². The lowest BCUT2D eigenvalue weighted by Gasteiger charge is -2.16. The minimum absolute atomic E-state index is 0.135. The van der Waals surface area contributed by atoms with Gasteiger partial charge in [0.05, 0.1) is 19.9 Å². The average molecular weight is 410 g/mol. The monoisotopic (exact) mass is 409 g/mol. The van der Waals surface area contributed by atoms with Gasteiger partial charge in [-0.25, -0.2) is 4.98 Å². The lowest BCUT2D eigenvalue weighted by molar-refractivity contribution is 0.354. The van der Waals surface area contributed by atoms with E-state index in [4.69, 9.17) is 14.5 Å². The quantitative estimate of drug-likeness (QED) is 0.367. The maximum atomic E-state index is 13.5. The Labute approximate surface area is 172 Å². The van der Waals surface area contributed by atoms with Crippen LogP contribution in [-0.2, 0) is 0 Å². The number of methoxy groups -OCH3 is 2. The molecule has 0 amide bonds. The lowest BCUT2D eigenvalue weighted by Crippen LogP contribution is -2.22. The first-order valence-electron chi connectivity index (χ1n) is 9.49. The van der Waals surface area contributed by atoms with Crippen molar-refractivity contribution in [3.05, 3.63) is 52.8 Å². The van der Waals surface area contributed by atoms with Crippen LogP contribution < -0.4 is 15.0 Å². The Morgan fingerprint density at radius 1 is 1.14 bits per heavy atom. The molecule has 29 heavy (non-hydrogen) atoms. The Morgan fingerprint density at radius 2 is 1.90 bits per heavy atom. The van der Waals surface area contributed by atoms with Crippen molar-refractivity contribution in [3.63, 3.8) is 0 Å². The van der Waals surface area contributed by atoms with Crippen LogP contribution in [0.5, 0.6) is 11.5 Å². The number of aromatic amines is 1. The minimum atomic E-state index is -0.135. The number of nitrogens with zero attached hydrogens (tertiary/aromatic N) is 2. The molecule has 1 N–H and O–H groups in total. The van der Waals surface area contributed by atoms with Crippen LogP contribution in [0.1, 0.15) is 20.3 Å². The molecule has 0 aliphatic carbocycles. The Balaban J connectivity index is 2.03. The summed E-state index contributed by atoms with van der Waals surface area (Å²) in [5.41, 5.74) is 2.65. The molecule has 6 nitrogen and oxygen atoms in total. The molecule has 0 aliphatic rings. The maximum absolute atomic E-state index is 13.5. The molecule has 0 saturated heterocycles. The van der Waals surface area contributed by atoms with Crippen LogP contribution >= 0.6 is 11.8 Å². The number of nitrogens with one attached hydrogen (secondary N) is 1. The molecule has 0 spiro atoms. The molecule has 150 valence electrons. The first-order valence-corrected chi connectivity index (χ1v) is 10.4. The molecular formula is C22H23N3O3S. The Kier molecular flexibility index (Phi) is 5.24. The van der Waals surface area contributed by atoms with Crippen LogP contribution in [0.15, 0.2) is 52.4 Å². The number of fused-ring (bicyclic) bond motifs is 3. The second-order valence-electron chi connectivity index (χ2n) is 6.81. The molecule has 0 aliphatic heterocycles. The fourth-order valence-electron chi connectivity index (χ4n) is 3.28. The molecule has 0 bridgehead atoms. The van der Waals surface area contributed by atoms with Crippen molar-refractivity contribution in [1.29, 1.82) is 0 Å². The summed E-state index contributed by atoms with van der Waals surface area (Å²) in [4.78, 5) is 21.7. The first-order chi connectivity index (χ1) is 14.1. The zero-order valence-corrected chi connectivity index (χ0v) is 17.7. The summed E-state index contributed by atoms with van der Waals surface area (Å²) in [5.74, 6) is 1.17. The van der Waals surface area contributed by atoms with Crippen molar-refractivity contribution in [2.45, 2.75) is 30.7 Å². The van der Waals surface area contributed by atoms with Crippen molar-refractivity contribution >= 4 is 33.7 Å². The molecule has 4 rings (SSSR count). The van der Waals surface area contributed by atoms with E-state index >= 15 is 0 Å². The van der Waals surface area contributed by atoms with Crippen molar-refractivity contribution in [2.24, 2.45) is 0 Å². The van der Waals surface area contributed by atoms with Crippen molar-refractivity contribution in [3.8, 4) is 17.2 Å².